The highest BCUT2D eigenvalue weighted by Gasteiger charge is 2.46. The number of aromatic hydroxyl groups is 1. The number of amides is 2. The maximum atomic E-state index is 14.3. The summed E-state index contributed by atoms with van der Waals surface area (Å²) in [5.41, 5.74) is 7.00. The lowest BCUT2D eigenvalue weighted by molar-refractivity contribution is -0.141. The molecule has 0 aliphatic carbocycles. The first-order valence-corrected chi connectivity index (χ1v) is 23.7. The molecule has 3 saturated heterocycles. The number of carbonyl (C=O) groups is 2. The van der Waals surface area contributed by atoms with Crippen LogP contribution in [0.25, 0.3) is 21.7 Å². The second-order valence-corrected chi connectivity index (χ2v) is 19.7. The highest BCUT2D eigenvalue weighted by Crippen LogP contribution is 2.41. The fraction of sp³-hybridized carbons (Fsp3) is 0.500. The quantitative estimate of drug-likeness (QED) is 0.113. The van der Waals surface area contributed by atoms with Gasteiger partial charge in [0.2, 0.25) is 11.8 Å². The van der Waals surface area contributed by atoms with Crippen LogP contribution < -0.4 is 20.3 Å². The largest absolute Gasteiger partial charge is 0.507 e. The Hall–Kier alpha value is -5.62. The van der Waals surface area contributed by atoms with Crippen molar-refractivity contribution in [3.63, 3.8) is 0 Å². The van der Waals surface area contributed by atoms with E-state index in [1.54, 1.807) is 29.5 Å². The summed E-state index contributed by atoms with van der Waals surface area (Å²) < 4.78 is 12.1. The number of piperazine rings is 1. The van der Waals surface area contributed by atoms with E-state index in [2.05, 4.69) is 52.6 Å². The average molecular weight is 905 g/mol. The summed E-state index contributed by atoms with van der Waals surface area (Å²) in [5, 5.41) is 41.0. The van der Waals surface area contributed by atoms with Crippen molar-refractivity contribution < 1.29 is 29.1 Å². The number of thiazole rings is 1. The maximum absolute atomic E-state index is 14.3. The molecule has 0 bridgehead atoms. The highest BCUT2D eigenvalue weighted by molar-refractivity contribution is 7.13. The van der Waals surface area contributed by atoms with Gasteiger partial charge in [-0.15, -0.1) is 21.5 Å². The number of hydrogen-bond acceptors (Lipinski definition) is 15. The van der Waals surface area contributed by atoms with Crippen molar-refractivity contribution in [2.24, 2.45) is 5.92 Å². The first kappa shape index (κ1) is 44.6. The van der Waals surface area contributed by atoms with Gasteiger partial charge in [0.1, 0.15) is 23.8 Å². The fourth-order valence-electron chi connectivity index (χ4n) is 10.3. The van der Waals surface area contributed by atoms with E-state index in [9.17, 15) is 19.8 Å². The molecule has 4 aliphatic rings. The molecular formula is C48H60N10O6S. The number of nitrogens with zero attached hydrogens (tertiary/aromatic N) is 8. The van der Waals surface area contributed by atoms with Crippen molar-refractivity contribution in [1.82, 2.24) is 40.4 Å². The number of likely N-dealkylation sites (tertiary alicyclic amines) is 2. The lowest BCUT2D eigenvalue weighted by Crippen LogP contribution is -2.67. The summed E-state index contributed by atoms with van der Waals surface area (Å²) in [7, 11) is 0. The lowest BCUT2D eigenvalue weighted by Gasteiger charge is -2.54. The number of phenols is 1. The Labute approximate surface area is 384 Å². The monoisotopic (exact) mass is 904 g/mol. The Morgan fingerprint density at radius 1 is 1.05 bits per heavy atom. The van der Waals surface area contributed by atoms with Crippen LogP contribution in [-0.2, 0) is 9.59 Å². The van der Waals surface area contributed by atoms with E-state index in [4.69, 9.17) is 9.26 Å². The van der Waals surface area contributed by atoms with E-state index in [-0.39, 0.29) is 54.1 Å². The van der Waals surface area contributed by atoms with Crippen molar-refractivity contribution in [2.45, 2.75) is 96.2 Å². The third kappa shape index (κ3) is 9.15. The Bertz CT molecular complexity index is 2500. The van der Waals surface area contributed by atoms with E-state index in [1.165, 1.54) is 4.90 Å². The summed E-state index contributed by atoms with van der Waals surface area (Å²) in [6, 6.07) is 18.3. The van der Waals surface area contributed by atoms with E-state index in [0.717, 1.165) is 78.9 Å². The summed E-state index contributed by atoms with van der Waals surface area (Å²) in [6.07, 6.45) is 0.198. The van der Waals surface area contributed by atoms with Gasteiger partial charge in [-0.05, 0) is 81.1 Å². The van der Waals surface area contributed by atoms with Crippen LogP contribution in [-0.4, -0.2) is 139 Å². The van der Waals surface area contributed by atoms with Crippen LogP contribution in [0, 0.1) is 12.8 Å². The zero-order valence-electron chi connectivity index (χ0n) is 38.0. The number of benzene rings is 2. The topological polar surface area (TPSA) is 186 Å². The van der Waals surface area contributed by atoms with Gasteiger partial charge in [-0.2, -0.15) is 0 Å². The second-order valence-electron chi connectivity index (χ2n) is 18.9. The molecule has 7 atom stereocenters. The highest BCUT2D eigenvalue weighted by atomic mass is 32.1. The number of carbonyl (C=O) groups excluding carboxylic acids is 2. The number of aryl methyl sites for hydroxylation is 1. The van der Waals surface area contributed by atoms with Gasteiger partial charge in [0.05, 0.1) is 45.1 Å². The van der Waals surface area contributed by atoms with Crippen LogP contribution >= 0.6 is 11.3 Å². The molecule has 17 heteroatoms. The number of hydrogen-bond donors (Lipinski definition) is 4. The molecule has 0 radical (unpaired) electrons. The second kappa shape index (κ2) is 18.3. The van der Waals surface area contributed by atoms with E-state index in [0.29, 0.717) is 35.5 Å². The molecule has 3 aromatic heterocycles. The van der Waals surface area contributed by atoms with Crippen LogP contribution in [0.15, 0.2) is 70.7 Å². The van der Waals surface area contributed by atoms with E-state index >= 15 is 0 Å². The van der Waals surface area contributed by atoms with Gasteiger partial charge >= 0.3 is 0 Å². The maximum Gasteiger partial charge on any atom is 0.254 e. The smallest absolute Gasteiger partial charge is 0.254 e. The Balaban J connectivity index is 0.781. The van der Waals surface area contributed by atoms with Crippen molar-refractivity contribution in [2.75, 3.05) is 62.6 Å². The molecule has 2 unspecified atom stereocenters. The predicted molar refractivity (Wildman–Crippen MR) is 249 cm³/mol. The van der Waals surface area contributed by atoms with Crippen molar-refractivity contribution >= 4 is 34.7 Å². The van der Waals surface area contributed by atoms with E-state index < -0.39 is 18.1 Å². The van der Waals surface area contributed by atoms with Crippen LogP contribution in [0.4, 0.5) is 11.5 Å². The van der Waals surface area contributed by atoms with Crippen molar-refractivity contribution in [3.8, 4) is 33.3 Å². The third-order valence-corrected chi connectivity index (χ3v) is 14.7. The van der Waals surface area contributed by atoms with Gasteiger partial charge < -0.3 is 39.9 Å². The van der Waals surface area contributed by atoms with Gasteiger partial charge in [-0.1, -0.05) is 50.2 Å². The van der Waals surface area contributed by atoms with Gasteiger partial charge in [0.25, 0.3) is 5.88 Å². The van der Waals surface area contributed by atoms with Gasteiger partial charge in [-0.3, -0.25) is 19.4 Å². The molecule has 3 fully saturated rings. The number of ether oxygens (including phenoxy) is 1. The number of nitrogens with one attached hydrogen (secondary N) is 2. The van der Waals surface area contributed by atoms with Crippen LogP contribution in [0.1, 0.15) is 76.4 Å². The average Bonchev–Trinajstić information content (AvgIpc) is 4.12. The fourth-order valence-corrected chi connectivity index (χ4v) is 11.1. The minimum Gasteiger partial charge on any atom is -0.507 e. The zero-order chi connectivity index (χ0) is 45.6. The molecule has 0 saturated carbocycles. The third-order valence-electron chi connectivity index (χ3n) is 13.7. The molecular weight excluding hydrogens is 845 g/mol. The minimum atomic E-state index is -0.828. The number of aliphatic hydroxyl groups excluding tert-OH is 1. The number of fused-ring (bicyclic) bond motifs is 3. The SMILES string of the molecule is Cc1ncsc1-c1ccc([C@H](C)NC(=O)[C@@H]2C[C@@H](O)CN2C(=O)[C@@H](c2cc(O[C@@H](C)CN3CCC(N4CCN5c6cc(-c7ccccc7O)nnc6NCC5(C)C4)C3)no2)C(C)C)cc1. The summed E-state index contributed by atoms with van der Waals surface area (Å²) in [6.45, 7) is 18.2. The Kier molecular flexibility index (Phi) is 12.6. The molecule has 4 aliphatic heterocycles. The van der Waals surface area contributed by atoms with Crippen molar-refractivity contribution in [3.05, 3.63) is 83.2 Å². The molecule has 0 spiro atoms. The number of aromatic nitrogens is 4. The number of phenolic OH excluding ortho intramolecular Hbond substituents is 1. The lowest BCUT2D eigenvalue weighted by atomic mass is 9.91. The van der Waals surface area contributed by atoms with Crippen LogP contribution in [0.2, 0.25) is 0 Å². The van der Waals surface area contributed by atoms with Crippen LogP contribution in [0.3, 0.4) is 0 Å². The molecule has 5 aromatic rings. The number of rotatable bonds is 13. The summed E-state index contributed by atoms with van der Waals surface area (Å²) >= 11 is 1.59. The van der Waals surface area contributed by atoms with E-state index in [1.807, 2.05) is 82.6 Å². The van der Waals surface area contributed by atoms with Gasteiger partial charge in [0.15, 0.2) is 11.6 Å². The molecule has 2 amide bonds. The molecule has 7 heterocycles. The minimum absolute atomic E-state index is 0.0550. The Morgan fingerprint density at radius 2 is 1.85 bits per heavy atom. The summed E-state index contributed by atoms with van der Waals surface area (Å²) in [5.74, 6) is 0.134. The zero-order valence-corrected chi connectivity index (χ0v) is 38.8. The Morgan fingerprint density at radius 3 is 2.60 bits per heavy atom. The molecule has 65 heavy (non-hydrogen) atoms. The molecule has 344 valence electrons. The first-order chi connectivity index (χ1) is 31.2. The number of β-amino-alcohol motifs (C(OH)–C–C–N with tert-alkyl or cyclic N) is 1. The summed E-state index contributed by atoms with van der Waals surface area (Å²) in [4.78, 5) is 42.6. The van der Waals surface area contributed by atoms with Gasteiger partial charge in [-0.25, -0.2) is 4.98 Å². The normalized spacial score (nSPS) is 23.7. The number of para-hydroxylation sites is 1. The molecule has 4 N–H and O–H groups in total. The standard InChI is InChI=1S/C48H60N10O6S/c1-28(2)43(47(62)57-24-35(59)19-39(57)46(61)51-30(4)32-11-13-33(14-12-32)44-31(5)50-27-65-44)41-21-42(54-64-41)63-29(3)22-55-16-15-34(23-55)56-17-18-58-38-20-37(36-9-7-8-10-40(36)60)52-53-45(38)49-25-48(58,6)26-56/h7-14,20-21,27-30,34-35,39,43,59-60H,15-19,22-26H2,1-6H3,(H,49,53)(H,51,61)/t29-,30-,34?,35+,39-,43+,48?/m0/s1. The molecule has 16 nitrogen and oxygen atoms in total. The predicted octanol–water partition coefficient (Wildman–Crippen LogP) is 5.70. The molecule has 2 aromatic carbocycles. The number of aliphatic hydroxyl groups is 1. The van der Waals surface area contributed by atoms with Crippen molar-refractivity contribution in [1.29, 1.82) is 0 Å². The first-order valence-electron chi connectivity index (χ1n) is 22.8. The van der Waals surface area contributed by atoms with Crippen LogP contribution in [0.5, 0.6) is 11.6 Å². The van der Waals surface area contributed by atoms with Gasteiger partial charge in [0, 0.05) is 69.9 Å². The molecule has 9 rings (SSSR count). The number of anilines is 2.